The van der Waals surface area contributed by atoms with E-state index >= 15 is 0 Å². The molecule has 2 amide bonds. The highest BCUT2D eigenvalue weighted by Crippen LogP contribution is 2.32. The van der Waals surface area contributed by atoms with Gasteiger partial charge < -0.3 is 24.3 Å². The molecule has 1 aromatic rings. The molecular formula is C21H28N2O7. The van der Waals surface area contributed by atoms with Gasteiger partial charge in [0.2, 0.25) is 6.79 Å². The summed E-state index contributed by atoms with van der Waals surface area (Å²) in [5.74, 6) is 0.259. The second-order valence-electron chi connectivity index (χ2n) is 8.32. The zero-order valence-corrected chi connectivity index (χ0v) is 17.7. The number of nitrogens with one attached hydrogen (secondary N) is 1. The molecule has 1 aromatic carbocycles. The predicted octanol–water partition coefficient (Wildman–Crippen LogP) is 2.36. The smallest absolute Gasteiger partial charge is 0.411 e. The number of benzene rings is 1. The normalized spacial score (nSPS) is 18.7. The van der Waals surface area contributed by atoms with Gasteiger partial charge in [-0.25, -0.2) is 9.59 Å². The zero-order valence-electron chi connectivity index (χ0n) is 17.7. The van der Waals surface area contributed by atoms with E-state index in [4.69, 9.17) is 18.9 Å². The molecule has 0 unspecified atom stereocenters. The van der Waals surface area contributed by atoms with Crippen LogP contribution < -0.4 is 14.8 Å². The van der Waals surface area contributed by atoms with Crippen molar-refractivity contribution in [2.75, 3.05) is 13.3 Å². The van der Waals surface area contributed by atoms with Gasteiger partial charge in [0.05, 0.1) is 0 Å². The fourth-order valence-corrected chi connectivity index (χ4v) is 3.24. The van der Waals surface area contributed by atoms with Crippen LogP contribution in [0.15, 0.2) is 18.2 Å². The average molecular weight is 420 g/mol. The molecule has 0 saturated carbocycles. The molecule has 0 spiro atoms. The summed E-state index contributed by atoms with van der Waals surface area (Å²) in [6, 6.07) is 4.64. The molecule has 0 radical (unpaired) electrons. The number of hydrogen-bond donors (Lipinski definition) is 1. The van der Waals surface area contributed by atoms with Crippen LogP contribution in [0.1, 0.15) is 46.1 Å². The largest absolute Gasteiger partial charge is 0.454 e. The molecule has 2 aliphatic heterocycles. The number of likely N-dealkylation sites (tertiary alicyclic amines) is 1. The Labute approximate surface area is 175 Å². The van der Waals surface area contributed by atoms with Crippen LogP contribution in [0, 0.1) is 0 Å². The van der Waals surface area contributed by atoms with Crippen molar-refractivity contribution >= 4 is 18.0 Å². The summed E-state index contributed by atoms with van der Waals surface area (Å²) >= 11 is 0. The van der Waals surface area contributed by atoms with Crippen molar-refractivity contribution in [1.82, 2.24) is 10.2 Å². The first-order valence-corrected chi connectivity index (χ1v) is 10.0. The van der Waals surface area contributed by atoms with Crippen molar-refractivity contribution in [3.8, 4) is 11.5 Å². The second kappa shape index (κ2) is 8.81. The molecule has 1 N–H and O–H groups in total. The summed E-state index contributed by atoms with van der Waals surface area (Å²) in [4.78, 5) is 38.6. The SMILES string of the molecule is C[C@@H](OC(=O)[C@@H]1CCCN1C(=O)OC(C)(C)C)C(=O)NCc1ccc2c(c1)OCO2. The fourth-order valence-electron chi connectivity index (χ4n) is 3.24. The Morgan fingerprint density at radius 2 is 1.97 bits per heavy atom. The average Bonchev–Trinajstić information content (AvgIpc) is 3.33. The Hall–Kier alpha value is -2.97. The summed E-state index contributed by atoms with van der Waals surface area (Å²) in [5.41, 5.74) is 0.175. The molecule has 0 aromatic heterocycles. The maximum absolute atomic E-state index is 12.6. The van der Waals surface area contributed by atoms with Crippen LogP contribution >= 0.6 is 0 Å². The van der Waals surface area contributed by atoms with Gasteiger partial charge in [-0.3, -0.25) is 9.69 Å². The number of amides is 2. The summed E-state index contributed by atoms with van der Waals surface area (Å²) in [6.07, 6.45) is -0.401. The van der Waals surface area contributed by atoms with E-state index in [2.05, 4.69) is 5.32 Å². The molecule has 1 fully saturated rings. The number of carbonyl (C=O) groups excluding carboxylic acids is 3. The topological polar surface area (TPSA) is 103 Å². The molecule has 1 saturated heterocycles. The highest BCUT2D eigenvalue weighted by molar-refractivity contribution is 5.86. The lowest BCUT2D eigenvalue weighted by molar-refractivity contribution is -0.158. The Morgan fingerprint density at radius 3 is 2.70 bits per heavy atom. The van der Waals surface area contributed by atoms with E-state index in [9.17, 15) is 14.4 Å². The summed E-state index contributed by atoms with van der Waals surface area (Å²) in [7, 11) is 0. The van der Waals surface area contributed by atoms with E-state index < -0.39 is 35.7 Å². The maximum atomic E-state index is 12.6. The molecule has 0 bridgehead atoms. The molecule has 2 atom stereocenters. The molecule has 3 rings (SSSR count). The Kier molecular flexibility index (Phi) is 6.38. The lowest BCUT2D eigenvalue weighted by Crippen LogP contribution is -2.46. The monoisotopic (exact) mass is 420 g/mol. The van der Waals surface area contributed by atoms with Crippen molar-refractivity contribution in [1.29, 1.82) is 0 Å². The highest BCUT2D eigenvalue weighted by atomic mass is 16.7. The van der Waals surface area contributed by atoms with Crippen LogP contribution in [0.3, 0.4) is 0 Å². The van der Waals surface area contributed by atoms with Gasteiger partial charge in [0.15, 0.2) is 17.6 Å². The third-order valence-electron chi connectivity index (χ3n) is 4.72. The summed E-state index contributed by atoms with van der Waals surface area (Å²) in [6.45, 7) is 7.64. The number of carbonyl (C=O) groups is 3. The first kappa shape index (κ1) is 21.7. The second-order valence-corrected chi connectivity index (χ2v) is 8.32. The molecule has 9 heteroatoms. The molecular weight excluding hydrogens is 392 g/mol. The van der Waals surface area contributed by atoms with Gasteiger partial charge in [0.25, 0.3) is 5.91 Å². The van der Waals surface area contributed by atoms with Crippen molar-refractivity contribution in [2.45, 2.75) is 64.8 Å². The van der Waals surface area contributed by atoms with Gasteiger partial charge >= 0.3 is 12.1 Å². The minimum atomic E-state index is -0.993. The highest BCUT2D eigenvalue weighted by Gasteiger charge is 2.38. The number of rotatable bonds is 5. The van der Waals surface area contributed by atoms with Crippen LogP contribution in [-0.2, 0) is 25.6 Å². The van der Waals surface area contributed by atoms with Crippen LogP contribution in [0.4, 0.5) is 4.79 Å². The first-order chi connectivity index (χ1) is 14.1. The standard InChI is InChI=1S/C21H28N2O7/c1-13(18(24)22-11-14-7-8-16-17(10-14)28-12-27-16)29-19(25)15-6-5-9-23(15)20(26)30-21(2,3)4/h7-8,10,13,15H,5-6,9,11-12H2,1-4H3,(H,22,24)/t13-,15+/m1/s1. The van der Waals surface area contributed by atoms with Gasteiger partial charge in [-0.2, -0.15) is 0 Å². The van der Waals surface area contributed by atoms with E-state index in [1.165, 1.54) is 11.8 Å². The molecule has 9 nitrogen and oxygen atoms in total. The first-order valence-electron chi connectivity index (χ1n) is 10.0. The predicted molar refractivity (Wildman–Crippen MR) is 106 cm³/mol. The minimum absolute atomic E-state index is 0.180. The van der Waals surface area contributed by atoms with Crippen LogP contribution in [0.2, 0.25) is 0 Å². The van der Waals surface area contributed by atoms with Crippen LogP contribution in [0.5, 0.6) is 11.5 Å². The van der Waals surface area contributed by atoms with Gasteiger partial charge in [0.1, 0.15) is 11.6 Å². The molecule has 2 heterocycles. The summed E-state index contributed by atoms with van der Waals surface area (Å²) < 4.78 is 21.3. The Bertz CT molecular complexity index is 818. The van der Waals surface area contributed by atoms with E-state index in [1.807, 2.05) is 6.07 Å². The quantitative estimate of drug-likeness (QED) is 0.730. The number of esters is 1. The Balaban J connectivity index is 1.50. The lowest BCUT2D eigenvalue weighted by atomic mass is 10.2. The van der Waals surface area contributed by atoms with Gasteiger partial charge in [-0.1, -0.05) is 6.07 Å². The fraction of sp³-hybridized carbons (Fsp3) is 0.571. The van der Waals surface area contributed by atoms with Gasteiger partial charge in [-0.15, -0.1) is 0 Å². The van der Waals surface area contributed by atoms with Crippen LogP contribution in [0.25, 0.3) is 0 Å². The van der Waals surface area contributed by atoms with E-state index in [0.717, 1.165) is 5.56 Å². The van der Waals surface area contributed by atoms with Crippen molar-refractivity contribution in [3.63, 3.8) is 0 Å². The Morgan fingerprint density at radius 1 is 1.23 bits per heavy atom. The number of nitrogens with zero attached hydrogens (tertiary/aromatic N) is 1. The van der Waals surface area contributed by atoms with Crippen molar-refractivity contribution in [3.05, 3.63) is 23.8 Å². The maximum Gasteiger partial charge on any atom is 0.411 e. The number of fused-ring (bicyclic) bond motifs is 1. The van der Waals surface area contributed by atoms with E-state index in [1.54, 1.807) is 32.9 Å². The van der Waals surface area contributed by atoms with Crippen LogP contribution in [-0.4, -0.2) is 54.0 Å². The molecule has 0 aliphatic carbocycles. The number of ether oxygens (including phenoxy) is 4. The lowest BCUT2D eigenvalue weighted by Gasteiger charge is -2.28. The van der Waals surface area contributed by atoms with E-state index in [0.29, 0.717) is 30.9 Å². The van der Waals surface area contributed by atoms with Crippen molar-refractivity contribution < 1.29 is 33.3 Å². The van der Waals surface area contributed by atoms with Gasteiger partial charge in [0, 0.05) is 13.1 Å². The minimum Gasteiger partial charge on any atom is -0.454 e. The summed E-state index contributed by atoms with van der Waals surface area (Å²) in [5, 5.41) is 2.73. The molecule has 2 aliphatic rings. The van der Waals surface area contributed by atoms with Gasteiger partial charge in [-0.05, 0) is 58.2 Å². The third-order valence-corrected chi connectivity index (χ3v) is 4.72. The number of hydrogen-bond acceptors (Lipinski definition) is 7. The van der Waals surface area contributed by atoms with E-state index in [-0.39, 0.29) is 13.3 Å². The zero-order chi connectivity index (χ0) is 21.9. The molecule has 164 valence electrons. The third kappa shape index (κ3) is 5.34. The van der Waals surface area contributed by atoms with Crippen molar-refractivity contribution in [2.24, 2.45) is 0 Å². The molecule has 30 heavy (non-hydrogen) atoms.